The zero-order valence-corrected chi connectivity index (χ0v) is 20.6. The van der Waals surface area contributed by atoms with Gasteiger partial charge in [0.15, 0.2) is 5.96 Å². The van der Waals surface area contributed by atoms with Gasteiger partial charge in [0.1, 0.15) is 5.75 Å². The van der Waals surface area contributed by atoms with Crippen molar-refractivity contribution in [3.8, 4) is 5.75 Å². The molecule has 1 aromatic heterocycles. The first kappa shape index (κ1) is 23.7. The zero-order valence-electron chi connectivity index (χ0n) is 17.5. The van der Waals surface area contributed by atoms with E-state index in [2.05, 4.69) is 51.9 Å². The first-order valence-corrected chi connectivity index (χ1v) is 11.0. The average Bonchev–Trinajstić information content (AvgIpc) is 3.20. The Morgan fingerprint density at radius 1 is 1.34 bits per heavy atom. The van der Waals surface area contributed by atoms with Crippen LogP contribution in [0.3, 0.4) is 0 Å². The Labute approximate surface area is 195 Å². The summed E-state index contributed by atoms with van der Waals surface area (Å²) >= 11 is 1.71. The van der Waals surface area contributed by atoms with E-state index in [0.717, 1.165) is 62.0 Å². The highest BCUT2D eigenvalue weighted by atomic mass is 127. The number of rotatable bonds is 7. The third-order valence-electron chi connectivity index (χ3n) is 4.83. The first-order valence-electron chi connectivity index (χ1n) is 10.1. The summed E-state index contributed by atoms with van der Waals surface area (Å²) in [6.45, 7) is 7.65. The van der Waals surface area contributed by atoms with Crippen molar-refractivity contribution in [2.45, 2.75) is 45.7 Å². The Hall–Kier alpha value is -1.55. The fourth-order valence-corrected chi connectivity index (χ4v) is 4.20. The Bertz CT molecular complexity index is 782. The highest BCUT2D eigenvalue weighted by Gasteiger charge is 2.22. The molecule has 6 nitrogen and oxygen atoms in total. The molecule has 1 atom stereocenters. The van der Waals surface area contributed by atoms with Crippen LogP contribution in [0.2, 0.25) is 0 Å². The number of thiazole rings is 1. The molecule has 0 bridgehead atoms. The van der Waals surface area contributed by atoms with Gasteiger partial charge in [-0.2, -0.15) is 0 Å². The number of ether oxygens (including phenoxy) is 1. The molecule has 0 spiro atoms. The minimum atomic E-state index is 0. The number of nitrogens with one attached hydrogen (secondary N) is 2. The molecule has 0 aliphatic carbocycles. The standard InChI is InChI=1S/C21H31N5OS.HI/c1-4-20-24-17(15-28-20)13-23-21(22-5-2)25-16-9-8-12-26(14-16)18-10-6-7-11-19(18)27-3;/h6-7,10-11,15-16H,4-5,8-9,12-14H2,1-3H3,(H2,22,23,25);1H. The van der Waals surface area contributed by atoms with Gasteiger partial charge in [-0.25, -0.2) is 9.98 Å². The van der Waals surface area contributed by atoms with Crippen molar-refractivity contribution in [1.29, 1.82) is 0 Å². The normalized spacial score (nSPS) is 16.9. The average molecular weight is 529 g/mol. The fourth-order valence-electron chi connectivity index (χ4n) is 3.46. The van der Waals surface area contributed by atoms with Crippen LogP contribution in [0, 0.1) is 0 Å². The second-order valence-corrected chi connectivity index (χ2v) is 7.83. The summed E-state index contributed by atoms with van der Waals surface area (Å²) in [4.78, 5) is 11.8. The molecule has 1 aliphatic rings. The number of methoxy groups -OCH3 is 1. The van der Waals surface area contributed by atoms with Gasteiger partial charge in [0, 0.05) is 31.1 Å². The molecule has 160 valence electrons. The molecule has 3 rings (SSSR count). The maximum atomic E-state index is 5.55. The van der Waals surface area contributed by atoms with Gasteiger partial charge in [-0.15, -0.1) is 35.3 Å². The Morgan fingerprint density at radius 2 is 2.17 bits per heavy atom. The van der Waals surface area contributed by atoms with E-state index in [9.17, 15) is 0 Å². The highest BCUT2D eigenvalue weighted by Crippen LogP contribution is 2.29. The number of halogens is 1. The lowest BCUT2D eigenvalue weighted by Gasteiger charge is -2.36. The quantitative estimate of drug-likeness (QED) is 0.322. The molecule has 0 saturated carbocycles. The number of guanidine groups is 1. The first-order chi connectivity index (χ1) is 13.7. The van der Waals surface area contributed by atoms with Crippen molar-refractivity contribution >= 4 is 47.0 Å². The van der Waals surface area contributed by atoms with E-state index in [1.807, 2.05) is 12.1 Å². The van der Waals surface area contributed by atoms with Gasteiger partial charge in [-0.1, -0.05) is 19.1 Å². The fraction of sp³-hybridized carbons (Fsp3) is 0.524. The number of hydrogen-bond donors (Lipinski definition) is 2. The number of aliphatic imine (C=N–C) groups is 1. The molecule has 0 amide bonds. The lowest BCUT2D eigenvalue weighted by molar-refractivity contribution is 0.408. The van der Waals surface area contributed by atoms with Crippen molar-refractivity contribution in [3.05, 3.63) is 40.3 Å². The third kappa shape index (κ3) is 6.74. The number of para-hydroxylation sites is 2. The lowest BCUT2D eigenvalue weighted by Crippen LogP contribution is -2.51. The molecule has 2 aromatic rings. The zero-order chi connectivity index (χ0) is 19.8. The van der Waals surface area contributed by atoms with Gasteiger partial charge >= 0.3 is 0 Å². The van der Waals surface area contributed by atoms with Crippen molar-refractivity contribution in [1.82, 2.24) is 15.6 Å². The van der Waals surface area contributed by atoms with Gasteiger partial charge in [0.05, 0.1) is 30.0 Å². The second-order valence-electron chi connectivity index (χ2n) is 6.88. The molecule has 2 heterocycles. The Morgan fingerprint density at radius 3 is 2.90 bits per heavy atom. The van der Waals surface area contributed by atoms with Gasteiger partial charge in [-0.05, 0) is 38.3 Å². The van der Waals surface area contributed by atoms with E-state index in [1.165, 1.54) is 5.01 Å². The number of nitrogens with zero attached hydrogens (tertiary/aromatic N) is 3. The number of aryl methyl sites for hydroxylation is 1. The van der Waals surface area contributed by atoms with Gasteiger partial charge in [-0.3, -0.25) is 0 Å². The van der Waals surface area contributed by atoms with E-state index in [0.29, 0.717) is 12.6 Å². The van der Waals surface area contributed by atoms with Crippen LogP contribution in [0.5, 0.6) is 5.75 Å². The van der Waals surface area contributed by atoms with Crippen LogP contribution in [0.4, 0.5) is 5.69 Å². The Balaban J connectivity index is 0.00000300. The van der Waals surface area contributed by atoms with Crippen molar-refractivity contribution < 1.29 is 4.74 Å². The van der Waals surface area contributed by atoms with Crippen molar-refractivity contribution in [2.75, 3.05) is 31.6 Å². The minimum Gasteiger partial charge on any atom is -0.495 e. The summed E-state index contributed by atoms with van der Waals surface area (Å²) in [5.41, 5.74) is 2.20. The van der Waals surface area contributed by atoms with Crippen molar-refractivity contribution in [2.24, 2.45) is 4.99 Å². The predicted molar refractivity (Wildman–Crippen MR) is 133 cm³/mol. The summed E-state index contributed by atoms with van der Waals surface area (Å²) in [7, 11) is 1.73. The van der Waals surface area contributed by atoms with Crippen LogP contribution in [0.1, 0.15) is 37.4 Å². The summed E-state index contributed by atoms with van der Waals surface area (Å²) in [6.07, 6.45) is 3.25. The van der Waals surface area contributed by atoms with Gasteiger partial charge < -0.3 is 20.3 Å². The van der Waals surface area contributed by atoms with Gasteiger partial charge in [0.25, 0.3) is 0 Å². The molecule has 1 unspecified atom stereocenters. The number of anilines is 1. The molecule has 1 aliphatic heterocycles. The maximum Gasteiger partial charge on any atom is 0.191 e. The SMILES string of the molecule is CCNC(=NCc1csc(CC)n1)NC1CCCN(c2ccccc2OC)C1.I. The molecular formula is C21H32IN5OS. The van der Waals surface area contributed by atoms with E-state index in [4.69, 9.17) is 9.73 Å². The van der Waals surface area contributed by atoms with Crippen LogP contribution in [-0.2, 0) is 13.0 Å². The molecule has 1 fully saturated rings. The summed E-state index contributed by atoms with van der Waals surface area (Å²) < 4.78 is 5.55. The van der Waals surface area contributed by atoms with Crippen LogP contribution in [-0.4, -0.2) is 43.7 Å². The van der Waals surface area contributed by atoms with E-state index in [-0.39, 0.29) is 24.0 Å². The molecule has 1 aromatic carbocycles. The smallest absolute Gasteiger partial charge is 0.191 e. The molecule has 8 heteroatoms. The monoisotopic (exact) mass is 529 g/mol. The van der Waals surface area contributed by atoms with Crippen LogP contribution in [0.15, 0.2) is 34.6 Å². The number of benzene rings is 1. The maximum absolute atomic E-state index is 5.55. The Kier molecular flexibility index (Phi) is 9.99. The van der Waals surface area contributed by atoms with Crippen molar-refractivity contribution in [3.63, 3.8) is 0 Å². The van der Waals surface area contributed by atoms with Crippen LogP contribution in [0.25, 0.3) is 0 Å². The second kappa shape index (κ2) is 12.2. The van der Waals surface area contributed by atoms with Gasteiger partial charge in [0.2, 0.25) is 0 Å². The topological polar surface area (TPSA) is 61.8 Å². The summed E-state index contributed by atoms with van der Waals surface area (Å²) in [6, 6.07) is 8.59. The third-order valence-corrected chi connectivity index (χ3v) is 5.88. The minimum absolute atomic E-state index is 0. The molecule has 0 radical (unpaired) electrons. The lowest BCUT2D eigenvalue weighted by atomic mass is 10.0. The predicted octanol–water partition coefficient (Wildman–Crippen LogP) is 4.06. The largest absolute Gasteiger partial charge is 0.495 e. The summed E-state index contributed by atoms with van der Waals surface area (Å²) in [5, 5.41) is 10.3. The number of hydrogen-bond acceptors (Lipinski definition) is 5. The number of aromatic nitrogens is 1. The summed E-state index contributed by atoms with van der Waals surface area (Å²) in [5.74, 6) is 1.79. The van der Waals surface area contributed by atoms with E-state index < -0.39 is 0 Å². The van der Waals surface area contributed by atoms with E-state index >= 15 is 0 Å². The molecule has 2 N–H and O–H groups in total. The van der Waals surface area contributed by atoms with Crippen LogP contribution < -0.4 is 20.3 Å². The van der Waals surface area contributed by atoms with Crippen LogP contribution >= 0.6 is 35.3 Å². The molecule has 29 heavy (non-hydrogen) atoms. The molecule has 1 saturated heterocycles. The molecular weight excluding hydrogens is 497 g/mol. The van der Waals surface area contributed by atoms with E-state index in [1.54, 1.807) is 18.4 Å². The highest BCUT2D eigenvalue weighted by molar-refractivity contribution is 14.0. The number of piperidine rings is 1.